The van der Waals surface area contributed by atoms with Gasteiger partial charge in [0.15, 0.2) is 5.76 Å². The van der Waals surface area contributed by atoms with Gasteiger partial charge in [0.2, 0.25) is 0 Å². The van der Waals surface area contributed by atoms with Crippen LogP contribution >= 0.6 is 0 Å². The number of benzene rings is 1. The second kappa shape index (κ2) is 7.68. The molecule has 6 nitrogen and oxygen atoms in total. The standard InChI is InChI=1S/C22H27N3O3/c26-22(20-12-23-28-21(20)17-4-2-1-3-5-17)25-14-16-6-7-19(25)15-24(13-16)18-8-10-27-11-9-18/h1-5,12,16,18-19H,6-11,13-15H2/t16-,19+/m0/s1. The van der Waals surface area contributed by atoms with Gasteiger partial charge in [-0.3, -0.25) is 9.69 Å². The minimum absolute atomic E-state index is 0.0589. The fraction of sp³-hybridized carbons (Fsp3) is 0.545. The van der Waals surface area contributed by atoms with E-state index in [2.05, 4.69) is 15.0 Å². The number of hydrogen-bond donors (Lipinski definition) is 0. The molecule has 1 aromatic heterocycles. The van der Waals surface area contributed by atoms with Crippen molar-refractivity contribution >= 4 is 5.91 Å². The summed E-state index contributed by atoms with van der Waals surface area (Å²) >= 11 is 0. The Morgan fingerprint density at radius 1 is 0.964 bits per heavy atom. The first-order chi connectivity index (χ1) is 13.8. The molecule has 5 heterocycles. The number of hydrogen-bond acceptors (Lipinski definition) is 5. The SMILES string of the molecule is O=C(c1cnoc1-c1ccccc1)N1C[C@H]2CC[C@@H]1CN(C1CCOCC1)C2. The number of fused-ring (bicyclic) bond motifs is 4. The van der Waals surface area contributed by atoms with Crippen molar-refractivity contribution in [1.82, 2.24) is 15.0 Å². The highest BCUT2D eigenvalue weighted by atomic mass is 16.5. The Labute approximate surface area is 165 Å². The van der Waals surface area contributed by atoms with Gasteiger partial charge in [-0.05, 0) is 31.6 Å². The van der Waals surface area contributed by atoms with Gasteiger partial charge in [-0.25, -0.2) is 0 Å². The Morgan fingerprint density at radius 2 is 1.79 bits per heavy atom. The Balaban J connectivity index is 1.37. The second-order valence-corrected chi connectivity index (χ2v) is 8.29. The zero-order valence-electron chi connectivity index (χ0n) is 16.1. The van der Waals surface area contributed by atoms with Crippen LogP contribution < -0.4 is 0 Å². The Hall–Kier alpha value is -2.18. The van der Waals surface area contributed by atoms with Crippen molar-refractivity contribution in [2.45, 2.75) is 37.8 Å². The number of carbonyl (C=O) groups excluding carboxylic acids is 1. The minimum atomic E-state index is 0.0589. The van der Waals surface area contributed by atoms with E-state index in [-0.39, 0.29) is 11.9 Å². The summed E-state index contributed by atoms with van der Waals surface area (Å²) in [5.41, 5.74) is 1.48. The normalized spacial score (nSPS) is 26.4. The van der Waals surface area contributed by atoms with E-state index in [1.807, 2.05) is 30.3 Å². The van der Waals surface area contributed by atoms with Gasteiger partial charge in [0.25, 0.3) is 5.91 Å². The van der Waals surface area contributed by atoms with Gasteiger partial charge in [0.05, 0.1) is 6.20 Å². The number of ether oxygens (including phenoxy) is 1. The van der Waals surface area contributed by atoms with E-state index >= 15 is 0 Å². The molecule has 148 valence electrons. The van der Waals surface area contributed by atoms with Gasteiger partial charge < -0.3 is 14.2 Å². The molecule has 6 heteroatoms. The topological polar surface area (TPSA) is 58.8 Å². The fourth-order valence-electron chi connectivity index (χ4n) is 5.06. The predicted octanol–water partition coefficient (Wildman–Crippen LogP) is 3.06. The van der Waals surface area contributed by atoms with E-state index in [0.29, 0.717) is 23.3 Å². The minimum Gasteiger partial charge on any atom is -0.381 e. The average Bonchev–Trinajstić information content (AvgIpc) is 3.06. The maximum Gasteiger partial charge on any atom is 0.259 e. The quantitative estimate of drug-likeness (QED) is 0.818. The third-order valence-electron chi connectivity index (χ3n) is 6.55. The highest BCUT2D eigenvalue weighted by molar-refractivity contribution is 5.99. The lowest BCUT2D eigenvalue weighted by molar-refractivity contribution is 0.0304. The zero-order chi connectivity index (χ0) is 18.9. The highest BCUT2D eigenvalue weighted by Crippen LogP contribution is 2.33. The number of carbonyl (C=O) groups is 1. The molecule has 1 aromatic carbocycles. The van der Waals surface area contributed by atoms with Gasteiger partial charge >= 0.3 is 0 Å². The van der Waals surface area contributed by atoms with Crippen LogP contribution in [0.25, 0.3) is 11.3 Å². The molecule has 2 atom stereocenters. The first-order valence-electron chi connectivity index (χ1n) is 10.4. The Bertz CT molecular complexity index is 815. The van der Waals surface area contributed by atoms with Crippen LogP contribution in [0.3, 0.4) is 0 Å². The van der Waals surface area contributed by atoms with Crippen molar-refractivity contribution in [2.75, 3.05) is 32.8 Å². The van der Waals surface area contributed by atoms with Gasteiger partial charge in [0.1, 0.15) is 5.56 Å². The summed E-state index contributed by atoms with van der Waals surface area (Å²) in [6.45, 7) is 4.63. The Morgan fingerprint density at radius 3 is 2.61 bits per heavy atom. The lowest BCUT2D eigenvalue weighted by Gasteiger charge is -2.37. The van der Waals surface area contributed by atoms with Crippen LogP contribution in [-0.2, 0) is 4.74 Å². The van der Waals surface area contributed by atoms with Crippen molar-refractivity contribution < 1.29 is 14.1 Å². The van der Waals surface area contributed by atoms with Crippen molar-refractivity contribution in [2.24, 2.45) is 5.92 Å². The van der Waals surface area contributed by atoms with E-state index in [1.165, 1.54) is 6.42 Å². The second-order valence-electron chi connectivity index (χ2n) is 8.29. The lowest BCUT2D eigenvalue weighted by Crippen LogP contribution is -2.48. The molecule has 4 aliphatic heterocycles. The zero-order valence-corrected chi connectivity index (χ0v) is 16.1. The highest BCUT2D eigenvalue weighted by Gasteiger charge is 2.40. The monoisotopic (exact) mass is 381 g/mol. The maximum atomic E-state index is 13.5. The van der Waals surface area contributed by atoms with E-state index in [0.717, 1.165) is 57.7 Å². The molecular formula is C22H27N3O3. The summed E-state index contributed by atoms with van der Waals surface area (Å²) in [5, 5.41) is 3.94. The molecule has 4 aliphatic rings. The number of piperidine rings is 1. The molecule has 0 unspecified atom stereocenters. The summed E-state index contributed by atoms with van der Waals surface area (Å²) in [7, 11) is 0. The molecule has 4 fully saturated rings. The van der Waals surface area contributed by atoms with Crippen LogP contribution in [0, 0.1) is 5.92 Å². The van der Waals surface area contributed by atoms with Crippen LogP contribution in [0.5, 0.6) is 0 Å². The van der Waals surface area contributed by atoms with Crippen molar-refractivity contribution in [3.63, 3.8) is 0 Å². The van der Waals surface area contributed by atoms with Gasteiger partial charge in [0, 0.05) is 50.5 Å². The van der Waals surface area contributed by atoms with E-state index in [4.69, 9.17) is 9.26 Å². The molecule has 4 saturated heterocycles. The first-order valence-corrected chi connectivity index (χ1v) is 10.4. The van der Waals surface area contributed by atoms with Crippen molar-refractivity contribution in [1.29, 1.82) is 0 Å². The van der Waals surface area contributed by atoms with Crippen LogP contribution in [0.4, 0.5) is 0 Å². The van der Waals surface area contributed by atoms with Crippen LogP contribution in [0.1, 0.15) is 36.0 Å². The molecule has 2 bridgehead atoms. The molecule has 0 saturated carbocycles. The van der Waals surface area contributed by atoms with Gasteiger partial charge in [-0.15, -0.1) is 0 Å². The molecule has 0 radical (unpaired) electrons. The van der Waals surface area contributed by atoms with Gasteiger partial charge in [-0.2, -0.15) is 0 Å². The smallest absolute Gasteiger partial charge is 0.259 e. The lowest BCUT2D eigenvalue weighted by atomic mass is 9.94. The van der Waals surface area contributed by atoms with Crippen LogP contribution in [-0.4, -0.2) is 65.8 Å². The molecule has 2 aromatic rings. The third-order valence-corrected chi connectivity index (χ3v) is 6.55. The Kier molecular flexibility index (Phi) is 4.91. The third kappa shape index (κ3) is 3.35. The van der Waals surface area contributed by atoms with Crippen molar-refractivity contribution in [3.8, 4) is 11.3 Å². The number of amides is 1. The van der Waals surface area contributed by atoms with Crippen LogP contribution in [0.2, 0.25) is 0 Å². The number of aromatic nitrogens is 1. The summed E-state index contributed by atoms with van der Waals surface area (Å²) < 4.78 is 11.0. The number of rotatable bonds is 3. The van der Waals surface area contributed by atoms with E-state index in [9.17, 15) is 4.79 Å². The summed E-state index contributed by atoms with van der Waals surface area (Å²) in [6.07, 6.45) is 6.10. The summed E-state index contributed by atoms with van der Waals surface area (Å²) in [6, 6.07) is 10.6. The maximum absolute atomic E-state index is 13.5. The first kappa shape index (κ1) is 17.9. The van der Waals surface area contributed by atoms with E-state index < -0.39 is 0 Å². The fourth-order valence-corrected chi connectivity index (χ4v) is 5.06. The van der Waals surface area contributed by atoms with Gasteiger partial charge in [-0.1, -0.05) is 35.5 Å². The average molecular weight is 381 g/mol. The number of nitrogens with zero attached hydrogens (tertiary/aromatic N) is 3. The van der Waals surface area contributed by atoms with E-state index in [1.54, 1.807) is 6.20 Å². The largest absolute Gasteiger partial charge is 0.381 e. The molecule has 6 rings (SSSR count). The summed E-state index contributed by atoms with van der Waals surface area (Å²) in [5.74, 6) is 1.18. The van der Waals surface area contributed by atoms with Crippen LogP contribution in [0.15, 0.2) is 41.1 Å². The molecule has 0 N–H and O–H groups in total. The summed E-state index contributed by atoms with van der Waals surface area (Å²) in [4.78, 5) is 18.2. The predicted molar refractivity (Wildman–Crippen MR) is 105 cm³/mol. The molecule has 0 aliphatic carbocycles. The van der Waals surface area contributed by atoms with Crippen molar-refractivity contribution in [3.05, 3.63) is 42.1 Å². The molecule has 28 heavy (non-hydrogen) atoms. The molecule has 0 spiro atoms. The molecular weight excluding hydrogens is 354 g/mol. The molecule has 1 amide bonds.